The summed E-state index contributed by atoms with van der Waals surface area (Å²) < 4.78 is 5.49. The third kappa shape index (κ3) is 4.78. The third-order valence-corrected chi connectivity index (χ3v) is 3.88. The molecule has 150 valence electrons. The zero-order valence-corrected chi connectivity index (χ0v) is 15.1. The Bertz CT molecular complexity index is 1140. The molecule has 0 fully saturated rings. The fraction of sp³-hybridized carbons (Fsp3) is 0. The van der Waals surface area contributed by atoms with Crippen LogP contribution in [0.15, 0.2) is 71.7 Å². The molecule has 0 saturated carbocycles. The first-order chi connectivity index (χ1) is 14.3. The first kappa shape index (κ1) is 20.1. The van der Waals surface area contributed by atoms with Crippen LogP contribution < -0.4 is 4.74 Å². The van der Waals surface area contributed by atoms with Crippen molar-refractivity contribution in [3.63, 3.8) is 0 Å². The van der Waals surface area contributed by atoms with E-state index in [4.69, 9.17) is 4.74 Å². The topological polar surface area (TPSA) is 151 Å². The molecule has 0 heterocycles. The maximum absolute atomic E-state index is 11.2. The molecule has 0 aliphatic rings. The van der Waals surface area contributed by atoms with Crippen molar-refractivity contribution in [1.29, 1.82) is 0 Å². The highest BCUT2D eigenvalue weighted by Gasteiger charge is 2.21. The van der Waals surface area contributed by atoms with Gasteiger partial charge in [-0.15, -0.1) is 0 Å². The molecule has 0 aliphatic heterocycles. The van der Waals surface area contributed by atoms with Gasteiger partial charge in [-0.1, -0.05) is 0 Å². The molecular weight excluding hydrogens is 396 g/mol. The largest absolute Gasteiger partial charge is 0.450 e. The van der Waals surface area contributed by atoms with Crippen LogP contribution in [0.25, 0.3) is 0 Å². The average molecular weight is 408 g/mol. The number of rotatable bonds is 7. The number of non-ortho nitro benzene ring substituents is 2. The summed E-state index contributed by atoms with van der Waals surface area (Å²) in [6.45, 7) is 0. The normalized spacial score (nSPS) is 10.7. The van der Waals surface area contributed by atoms with E-state index in [1.54, 1.807) is 30.5 Å². The fourth-order valence-electron chi connectivity index (χ4n) is 2.41. The average Bonchev–Trinajstić information content (AvgIpc) is 2.73. The van der Waals surface area contributed by atoms with Gasteiger partial charge in [-0.2, -0.15) is 0 Å². The summed E-state index contributed by atoms with van der Waals surface area (Å²) in [6, 6.07) is 15.3. The molecule has 0 spiro atoms. The quantitative estimate of drug-likeness (QED) is 0.304. The van der Waals surface area contributed by atoms with Crippen molar-refractivity contribution < 1.29 is 19.5 Å². The van der Waals surface area contributed by atoms with Crippen molar-refractivity contribution in [3.8, 4) is 11.5 Å². The molecule has 3 aromatic rings. The van der Waals surface area contributed by atoms with E-state index in [2.05, 4.69) is 4.99 Å². The highest BCUT2D eigenvalue weighted by atomic mass is 16.6. The Kier molecular flexibility index (Phi) is 5.73. The van der Waals surface area contributed by atoms with Gasteiger partial charge in [0.15, 0.2) is 0 Å². The smallest absolute Gasteiger partial charge is 0.318 e. The van der Waals surface area contributed by atoms with Gasteiger partial charge in [0, 0.05) is 24.4 Å². The zero-order valence-electron chi connectivity index (χ0n) is 15.1. The van der Waals surface area contributed by atoms with E-state index < -0.39 is 26.1 Å². The van der Waals surface area contributed by atoms with Crippen LogP contribution in [0, 0.1) is 30.3 Å². The molecule has 0 atom stereocenters. The summed E-state index contributed by atoms with van der Waals surface area (Å²) in [5.41, 5.74) is 0.261. The SMILES string of the molecule is O=[N+]([O-])c1ccc(N=Cc2ccc(Oc3ccc([N+](=O)[O-])cc3[N+](=O)[O-])cc2)cc1. The number of ether oxygens (including phenoxy) is 1. The zero-order chi connectivity index (χ0) is 21.7. The van der Waals surface area contributed by atoms with Crippen molar-refractivity contribution in [2.75, 3.05) is 0 Å². The second-order valence-electron chi connectivity index (χ2n) is 5.87. The molecule has 0 unspecified atom stereocenters. The minimum atomic E-state index is -0.756. The van der Waals surface area contributed by atoms with Gasteiger partial charge in [-0.25, -0.2) is 0 Å². The van der Waals surface area contributed by atoms with Crippen molar-refractivity contribution in [2.45, 2.75) is 0 Å². The molecule has 11 nitrogen and oxygen atoms in total. The molecule has 0 amide bonds. The monoisotopic (exact) mass is 408 g/mol. The van der Waals surface area contributed by atoms with E-state index in [0.29, 0.717) is 17.0 Å². The summed E-state index contributed by atoms with van der Waals surface area (Å²) >= 11 is 0. The fourth-order valence-corrected chi connectivity index (χ4v) is 2.41. The molecule has 3 rings (SSSR count). The summed E-state index contributed by atoms with van der Waals surface area (Å²) in [4.78, 5) is 34.8. The molecule has 0 aromatic heterocycles. The lowest BCUT2D eigenvalue weighted by Crippen LogP contribution is -1.96. The predicted octanol–water partition coefficient (Wildman–Crippen LogP) is 4.95. The van der Waals surface area contributed by atoms with Gasteiger partial charge in [0.1, 0.15) is 5.75 Å². The van der Waals surface area contributed by atoms with E-state index in [1.165, 1.54) is 30.3 Å². The summed E-state index contributed by atoms with van der Waals surface area (Å²) in [7, 11) is 0. The Labute approximate surface area is 168 Å². The van der Waals surface area contributed by atoms with Gasteiger partial charge in [0.25, 0.3) is 11.4 Å². The number of hydrogen-bond donors (Lipinski definition) is 0. The van der Waals surface area contributed by atoms with Gasteiger partial charge in [0.05, 0.1) is 26.5 Å². The summed E-state index contributed by atoms with van der Waals surface area (Å²) in [5.74, 6) is 0.164. The van der Waals surface area contributed by atoms with Gasteiger partial charge in [0.2, 0.25) is 5.75 Å². The summed E-state index contributed by atoms with van der Waals surface area (Å²) in [5, 5.41) is 32.6. The third-order valence-electron chi connectivity index (χ3n) is 3.88. The highest BCUT2D eigenvalue weighted by Crippen LogP contribution is 2.34. The Morgan fingerprint density at radius 1 is 0.733 bits per heavy atom. The first-order valence-corrected chi connectivity index (χ1v) is 8.33. The highest BCUT2D eigenvalue weighted by molar-refractivity contribution is 5.82. The van der Waals surface area contributed by atoms with Crippen LogP contribution in [0.4, 0.5) is 22.7 Å². The number of nitro groups is 3. The van der Waals surface area contributed by atoms with E-state index in [0.717, 1.165) is 12.1 Å². The van der Waals surface area contributed by atoms with Crippen molar-refractivity contribution in [2.24, 2.45) is 4.99 Å². The van der Waals surface area contributed by atoms with Crippen LogP contribution in [0.1, 0.15) is 5.56 Å². The van der Waals surface area contributed by atoms with E-state index in [-0.39, 0.29) is 11.4 Å². The molecule has 30 heavy (non-hydrogen) atoms. The molecule has 0 radical (unpaired) electrons. The number of aliphatic imine (C=N–C) groups is 1. The minimum absolute atomic E-state index is 0.0317. The number of nitro benzene ring substituents is 3. The van der Waals surface area contributed by atoms with Crippen molar-refractivity contribution in [1.82, 2.24) is 0 Å². The van der Waals surface area contributed by atoms with Gasteiger partial charge >= 0.3 is 5.69 Å². The molecule has 0 saturated heterocycles. The lowest BCUT2D eigenvalue weighted by Gasteiger charge is -2.06. The van der Waals surface area contributed by atoms with E-state index >= 15 is 0 Å². The molecular formula is C19H12N4O7. The van der Waals surface area contributed by atoms with E-state index in [1.807, 2.05) is 0 Å². The van der Waals surface area contributed by atoms with Gasteiger partial charge < -0.3 is 4.74 Å². The Hall–Kier alpha value is -4.67. The van der Waals surface area contributed by atoms with Crippen LogP contribution in [0.5, 0.6) is 11.5 Å². The lowest BCUT2D eigenvalue weighted by atomic mass is 10.2. The van der Waals surface area contributed by atoms with Crippen molar-refractivity contribution >= 4 is 29.0 Å². The van der Waals surface area contributed by atoms with Gasteiger partial charge in [-0.05, 0) is 48.0 Å². The Morgan fingerprint density at radius 3 is 1.90 bits per heavy atom. The van der Waals surface area contributed by atoms with Gasteiger partial charge in [-0.3, -0.25) is 35.3 Å². The Balaban J connectivity index is 1.74. The molecule has 11 heteroatoms. The second-order valence-corrected chi connectivity index (χ2v) is 5.87. The maximum atomic E-state index is 11.2. The summed E-state index contributed by atoms with van der Waals surface area (Å²) in [6.07, 6.45) is 1.54. The van der Waals surface area contributed by atoms with Crippen LogP contribution >= 0.6 is 0 Å². The van der Waals surface area contributed by atoms with Crippen molar-refractivity contribution in [3.05, 3.63) is 103 Å². The predicted molar refractivity (Wildman–Crippen MR) is 107 cm³/mol. The maximum Gasteiger partial charge on any atom is 0.318 e. The standard InChI is InChI=1S/C19H12N4O7/c24-21(25)15-5-3-14(4-6-15)20-12-13-1-8-17(9-2-13)30-19-10-7-16(22(26)27)11-18(19)23(28)29/h1-12H. The second kappa shape index (κ2) is 8.56. The first-order valence-electron chi connectivity index (χ1n) is 8.33. The van der Waals surface area contributed by atoms with Crippen LogP contribution in [-0.4, -0.2) is 21.0 Å². The Morgan fingerprint density at radius 2 is 1.33 bits per heavy atom. The minimum Gasteiger partial charge on any atom is -0.450 e. The van der Waals surface area contributed by atoms with Crippen LogP contribution in [0.3, 0.4) is 0 Å². The molecule has 0 bridgehead atoms. The molecule has 3 aromatic carbocycles. The number of benzene rings is 3. The number of nitrogens with zero attached hydrogens (tertiary/aromatic N) is 4. The van der Waals surface area contributed by atoms with E-state index in [9.17, 15) is 30.3 Å². The lowest BCUT2D eigenvalue weighted by molar-refractivity contribution is -0.394. The molecule has 0 aliphatic carbocycles. The van der Waals surface area contributed by atoms with Crippen LogP contribution in [0.2, 0.25) is 0 Å². The van der Waals surface area contributed by atoms with Crippen LogP contribution in [-0.2, 0) is 0 Å². The molecule has 0 N–H and O–H groups in total. The number of hydrogen-bond acceptors (Lipinski definition) is 8.